The van der Waals surface area contributed by atoms with Crippen LogP contribution >= 0.6 is 0 Å². The minimum atomic E-state index is -3.56. The van der Waals surface area contributed by atoms with Gasteiger partial charge in [0.2, 0.25) is 5.91 Å². The molecule has 0 radical (unpaired) electrons. The molecule has 31 heavy (non-hydrogen) atoms. The van der Waals surface area contributed by atoms with Crippen molar-refractivity contribution in [3.8, 4) is 0 Å². The zero-order valence-corrected chi connectivity index (χ0v) is 18.1. The second-order valence-corrected chi connectivity index (χ2v) is 9.96. The Bertz CT molecular complexity index is 1090. The highest BCUT2D eigenvalue weighted by atomic mass is 32.2. The van der Waals surface area contributed by atoms with Crippen LogP contribution in [0.3, 0.4) is 0 Å². The zero-order chi connectivity index (χ0) is 21.8. The van der Waals surface area contributed by atoms with E-state index in [0.29, 0.717) is 37.6 Å². The highest BCUT2D eigenvalue weighted by molar-refractivity contribution is 7.91. The Morgan fingerprint density at radius 1 is 1.00 bits per heavy atom. The topological polar surface area (TPSA) is 92.8 Å². The van der Waals surface area contributed by atoms with Gasteiger partial charge in [0.05, 0.1) is 35.1 Å². The van der Waals surface area contributed by atoms with Crippen molar-refractivity contribution in [1.29, 1.82) is 0 Å². The molecule has 1 saturated heterocycles. The zero-order valence-electron chi connectivity index (χ0n) is 17.3. The quantitative estimate of drug-likeness (QED) is 0.742. The number of nitrogens with one attached hydrogen (secondary N) is 1. The number of benzene rings is 2. The first-order valence-corrected chi connectivity index (χ1v) is 12.2. The van der Waals surface area contributed by atoms with Gasteiger partial charge in [-0.2, -0.15) is 0 Å². The lowest BCUT2D eigenvalue weighted by molar-refractivity contribution is -0.115. The molecule has 0 saturated carbocycles. The fourth-order valence-electron chi connectivity index (χ4n) is 4.01. The summed E-state index contributed by atoms with van der Waals surface area (Å²) in [4.78, 5) is 27.3. The van der Waals surface area contributed by atoms with Gasteiger partial charge in [-0.3, -0.25) is 9.59 Å². The SMILES string of the molecule is O=C(CCS(=O)(=O)c1ccc2c(c1)CCC2)Nc1ccccc1C(=O)N1CCOCC1. The fourth-order valence-corrected chi connectivity index (χ4v) is 5.30. The van der Waals surface area contributed by atoms with Crippen LogP contribution in [0.25, 0.3) is 0 Å². The molecular weight excluding hydrogens is 416 g/mol. The van der Waals surface area contributed by atoms with Gasteiger partial charge in [0.15, 0.2) is 9.84 Å². The molecule has 0 atom stereocenters. The van der Waals surface area contributed by atoms with Gasteiger partial charge >= 0.3 is 0 Å². The van der Waals surface area contributed by atoms with Crippen LogP contribution in [0.5, 0.6) is 0 Å². The number of rotatable bonds is 6. The minimum absolute atomic E-state index is 0.176. The molecular formula is C23H26N2O5S. The van der Waals surface area contributed by atoms with E-state index < -0.39 is 15.7 Å². The molecule has 8 heteroatoms. The molecule has 1 aliphatic heterocycles. The first-order chi connectivity index (χ1) is 14.9. The number of hydrogen-bond acceptors (Lipinski definition) is 5. The molecule has 4 rings (SSSR count). The third-order valence-corrected chi connectivity index (χ3v) is 7.47. The van der Waals surface area contributed by atoms with E-state index in [0.717, 1.165) is 24.8 Å². The minimum Gasteiger partial charge on any atom is -0.378 e. The summed E-state index contributed by atoms with van der Waals surface area (Å²) < 4.78 is 30.7. The predicted octanol–water partition coefficient (Wildman–Crippen LogP) is 2.45. The molecule has 1 aliphatic carbocycles. The van der Waals surface area contributed by atoms with Gasteiger partial charge in [-0.15, -0.1) is 0 Å². The van der Waals surface area contributed by atoms with Crippen LogP contribution in [0.4, 0.5) is 5.69 Å². The largest absolute Gasteiger partial charge is 0.378 e. The first kappa shape index (κ1) is 21.5. The van der Waals surface area contributed by atoms with Gasteiger partial charge in [0.1, 0.15) is 0 Å². The summed E-state index contributed by atoms with van der Waals surface area (Å²) in [6.45, 7) is 1.97. The number of carbonyl (C=O) groups is 2. The van der Waals surface area contributed by atoms with E-state index in [4.69, 9.17) is 4.74 Å². The van der Waals surface area contributed by atoms with Crippen LogP contribution in [0.15, 0.2) is 47.4 Å². The van der Waals surface area contributed by atoms with Gasteiger partial charge < -0.3 is 15.0 Å². The highest BCUT2D eigenvalue weighted by Gasteiger charge is 2.23. The van der Waals surface area contributed by atoms with E-state index in [1.807, 2.05) is 6.07 Å². The molecule has 2 amide bonds. The second kappa shape index (κ2) is 9.20. The third-order valence-electron chi connectivity index (χ3n) is 5.76. The number of amides is 2. The molecule has 7 nitrogen and oxygen atoms in total. The van der Waals surface area contributed by atoms with E-state index in [1.54, 1.807) is 41.3 Å². The number of hydrogen-bond donors (Lipinski definition) is 1. The van der Waals surface area contributed by atoms with Gasteiger partial charge in [0, 0.05) is 19.5 Å². The first-order valence-electron chi connectivity index (χ1n) is 10.5. The highest BCUT2D eigenvalue weighted by Crippen LogP contribution is 2.25. The van der Waals surface area contributed by atoms with Crippen molar-refractivity contribution >= 4 is 27.3 Å². The summed E-state index contributed by atoms with van der Waals surface area (Å²) in [6.07, 6.45) is 2.75. The summed E-state index contributed by atoms with van der Waals surface area (Å²) in [5.41, 5.74) is 3.07. The maximum Gasteiger partial charge on any atom is 0.256 e. The summed E-state index contributed by atoms with van der Waals surface area (Å²) in [6, 6.07) is 12.0. The van der Waals surface area contributed by atoms with Crippen molar-refractivity contribution in [2.45, 2.75) is 30.6 Å². The van der Waals surface area contributed by atoms with Crippen LogP contribution in [0.1, 0.15) is 34.3 Å². The van der Waals surface area contributed by atoms with Gasteiger partial charge in [0.25, 0.3) is 5.91 Å². The normalized spacial score (nSPS) is 16.1. The van der Waals surface area contributed by atoms with E-state index in [1.165, 1.54) is 5.56 Å². The molecule has 1 fully saturated rings. The smallest absolute Gasteiger partial charge is 0.256 e. The van der Waals surface area contributed by atoms with E-state index in [9.17, 15) is 18.0 Å². The summed E-state index contributed by atoms with van der Waals surface area (Å²) in [5, 5.41) is 2.71. The van der Waals surface area contributed by atoms with E-state index in [-0.39, 0.29) is 23.0 Å². The lowest BCUT2D eigenvalue weighted by Crippen LogP contribution is -2.41. The molecule has 164 valence electrons. The molecule has 0 aromatic heterocycles. The lowest BCUT2D eigenvalue weighted by Gasteiger charge is -2.27. The van der Waals surface area contributed by atoms with Crippen molar-refractivity contribution in [1.82, 2.24) is 4.90 Å². The average molecular weight is 443 g/mol. The van der Waals surface area contributed by atoms with Crippen molar-refractivity contribution in [2.24, 2.45) is 0 Å². The fraction of sp³-hybridized carbons (Fsp3) is 0.391. The summed E-state index contributed by atoms with van der Waals surface area (Å²) in [7, 11) is -3.56. The van der Waals surface area contributed by atoms with E-state index >= 15 is 0 Å². The van der Waals surface area contributed by atoms with Crippen molar-refractivity contribution in [2.75, 3.05) is 37.4 Å². The molecule has 0 bridgehead atoms. The van der Waals surface area contributed by atoms with E-state index in [2.05, 4.69) is 5.32 Å². The number of fused-ring (bicyclic) bond motifs is 1. The van der Waals surface area contributed by atoms with Crippen LogP contribution < -0.4 is 5.32 Å². The number of nitrogens with zero attached hydrogens (tertiary/aromatic N) is 1. The molecule has 1 heterocycles. The standard InChI is InChI=1S/C23H26N2O5S/c26-22(10-15-31(28,29)19-9-8-17-4-3-5-18(17)16-19)24-21-7-2-1-6-20(21)23(27)25-11-13-30-14-12-25/h1-2,6-9,16H,3-5,10-15H2,(H,24,26). The van der Waals surface area contributed by atoms with Crippen LogP contribution in [-0.4, -0.2) is 57.2 Å². The Hall–Kier alpha value is -2.71. The maximum atomic E-state index is 12.8. The Labute approximate surface area is 182 Å². The summed E-state index contributed by atoms with van der Waals surface area (Å²) in [5.74, 6) is -0.895. The Balaban J connectivity index is 1.40. The van der Waals surface area contributed by atoms with Crippen LogP contribution in [0.2, 0.25) is 0 Å². The molecule has 2 aromatic carbocycles. The number of sulfone groups is 1. The third kappa shape index (κ3) is 4.97. The van der Waals surface area contributed by atoms with Gasteiger partial charge in [-0.05, 0) is 54.7 Å². The number of para-hydroxylation sites is 1. The Morgan fingerprint density at radius 3 is 2.55 bits per heavy atom. The predicted molar refractivity (Wildman–Crippen MR) is 117 cm³/mol. The van der Waals surface area contributed by atoms with Gasteiger partial charge in [-0.1, -0.05) is 18.2 Å². The summed E-state index contributed by atoms with van der Waals surface area (Å²) >= 11 is 0. The number of carbonyl (C=O) groups excluding carboxylic acids is 2. The molecule has 0 unspecified atom stereocenters. The Kier molecular flexibility index (Phi) is 6.38. The molecule has 1 N–H and O–H groups in total. The lowest BCUT2D eigenvalue weighted by atomic mass is 10.1. The van der Waals surface area contributed by atoms with Crippen molar-refractivity contribution in [3.05, 3.63) is 59.2 Å². The van der Waals surface area contributed by atoms with Crippen molar-refractivity contribution < 1.29 is 22.7 Å². The van der Waals surface area contributed by atoms with Crippen molar-refractivity contribution in [3.63, 3.8) is 0 Å². The van der Waals surface area contributed by atoms with Gasteiger partial charge in [-0.25, -0.2) is 8.42 Å². The number of anilines is 1. The number of morpholine rings is 1. The second-order valence-electron chi connectivity index (χ2n) is 7.85. The molecule has 0 spiro atoms. The maximum absolute atomic E-state index is 12.8. The number of ether oxygens (including phenoxy) is 1. The average Bonchev–Trinajstić information content (AvgIpc) is 3.26. The molecule has 2 aromatic rings. The molecule has 2 aliphatic rings. The monoisotopic (exact) mass is 442 g/mol. The Morgan fingerprint density at radius 2 is 1.74 bits per heavy atom. The number of aryl methyl sites for hydroxylation is 2. The van der Waals surface area contributed by atoms with Crippen LogP contribution in [-0.2, 0) is 32.2 Å². The van der Waals surface area contributed by atoms with Crippen LogP contribution in [0, 0.1) is 0 Å².